The van der Waals surface area contributed by atoms with Crippen molar-refractivity contribution < 1.29 is 14.3 Å². The standard InChI is InChI=1S/C11H15NO3/c1-8(12-15-4)9-5-6-10(13-2)11(7-9)14-3/h5-7H,1-4H3. The summed E-state index contributed by atoms with van der Waals surface area (Å²) in [4.78, 5) is 4.70. The molecule has 1 aromatic carbocycles. The van der Waals surface area contributed by atoms with Crippen LogP contribution in [-0.4, -0.2) is 27.0 Å². The third-order valence-electron chi connectivity index (χ3n) is 2.03. The number of methoxy groups -OCH3 is 2. The first-order valence-corrected chi connectivity index (χ1v) is 4.53. The second kappa shape index (κ2) is 5.24. The Hall–Kier alpha value is -1.71. The lowest BCUT2D eigenvalue weighted by Gasteiger charge is -2.08. The molecule has 0 radical (unpaired) electrons. The Morgan fingerprint density at radius 1 is 1.07 bits per heavy atom. The molecule has 0 unspecified atom stereocenters. The van der Waals surface area contributed by atoms with Crippen LogP contribution in [0.1, 0.15) is 12.5 Å². The molecule has 0 amide bonds. The van der Waals surface area contributed by atoms with Crippen molar-refractivity contribution in [3.63, 3.8) is 0 Å². The lowest BCUT2D eigenvalue weighted by Crippen LogP contribution is -1.98. The van der Waals surface area contributed by atoms with Crippen molar-refractivity contribution in [1.82, 2.24) is 0 Å². The van der Waals surface area contributed by atoms with Gasteiger partial charge in [0.05, 0.1) is 19.9 Å². The molecule has 0 saturated heterocycles. The van der Waals surface area contributed by atoms with Crippen molar-refractivity contribution in [2.75, 3.05) is 21.3 Å². The summed E-state index contributed by atoms with van der Waals surface area (Å²) in [5.74, 6) is 1.38. The van der Waals surface area contributed by atoms with Gasteiger partial charge in [-0.3, -0.25) is 0 Å². The summed E-state index contributed by atoms with van der Waals surface area (Å²) >= 11 is 0. The Bertz CT molecular complexity index is 361. The van der Waals surface area contributed by atoms with Gasteiger partial charge >= 0.3 is 0 Å². The van der Waals surface area contributed by atoms with Crippen molar-refractivity contribution in [2.45, 2.75) is 6.92 Å². The van der Waals surface area contributed by atoms with E-state index in [1.54, 1.807) is 14.2 Å². The maximum absolute atomic E-state index is 5.18. The molecule has 0 bridgehead atoms. The average Bonchev–Trinajstić information content (AvgIpc) is 2.28. The minimum absolute atomic E-state index is 0.681. The molecule has 0 fully saturated rings. The SMILES string of the molecule is CON=C(C)c1ccc(OC)c(OC)c1. The van der Waals surface area contributed by atoms with Gasteiger partial charge in [0.1, 0.15) is 7.11 Å². The zero-order chi connectivity index (χ0) is 11.3. The number of ether oxygens (including phenoxy) is 2. The van der Waals surface area contributed by atoms with Gasteiger partial charge in [0.15, 0.2) is 11.5 Å². The van der Waals surface area contributed by atoms with E-state index in [0.29, 0.717) is 11.5 Å². The van der Waals surface area contributed by atoms with Gasteiger partial charge < -0.3 is 14.3 Å². The summed E-state index contributed by atoms with van der Waals surface area (Å²) < 4.78 is 10.3. The van der Waals surface area contributed by atoms with Gasteiger partial charge in [0.2, 0.25) is 0 Å². The van der Waals surface area contributed by atoms with Crippen LogP contribution in [0.25, 0.3) is 0 Å². The van der Waals surface area contributed by atoms with Gasteiger partial charge in [-0.2, -0.15) is 0 Å². The first kappa shape index (κ1) is 11.4. The third-order valence-corrected chi connectivity index (χ3v) is 2.03. The minimum atomic E-state index is 0.681. The highest BCUT2D eigenvalue weighted by Crippen LogP contribution is 2.27. The van der Waals surface area contributed by atoms with Gasteiger partial charge in [-0.15, -0.1) is 0 Å². The molecule has 0 aromatic heterocycles. The lowest BCUT2D eigenvalue weighted by atomic mass is 10.1. The van der Waals surface area contributed by atoms with E-state index in [9.17, 15) is 0 Å². The fourth-order valence-corrected chi connectivity index (χ4v) is 1.25. The maximum atomic E-state index is 5.18. The summed E-state index contributed by atoms with van der Waals surface area (Å²) in [5.41, 5.74) is 1.73. The lowest BCUT2D eigenvalue weighted by molar-refractivity contribution is 0.213. The molecule has 15 heavy (non-hydrogen) atoms. The number of rotatable bonds is 4. The van der Waals surface area contributed by atoms with E-state index in [4.69, 9.17) is 14.3 Å². The predicted octanol–water partition coefficient (Wildman–Crippen LogP) is 2.07. The zero-order valence-electron chi connectivity index (χ0n) is 9.40. The Labute approximate surface area is 89.4 Å². The molecule has 0 N–H and O–H groups in total. The fourth-order valence-electron chi connectivity index (χ4n) is 1.25. The highest BCUT2D eigenvalue weighted by molar-refractivity contribution is 5.98. The van der Waals surface area contributed by atoms with Gasteiger partial charge in [-0.1, -0.05) is 5.16 Å². The van der Waals surface area contributed by atoms with Crippen molar-refractivity contribution in [1.29, 1.82) is 0 Å². The molecular weight excluding hydrogens is 194 g/mol. The third kappa shape index (κ3) is 2.62. The van der Waals surface area contributed by atoms with Gasteiger partial charge in [-0.05, 0) is 25.1 Å². The van der Waals surface area contributed by atoms with E-state index in [-0.39, 0.29) is 0 Å². The minimum Gasteiger partial charge on any atom is -0.493 e. The molecule has 82 valence electrons. The van der Waals surface area contributed by atoms with Crippen LogP contribution in [0.5, 0.6) is 11.5 Å². The quantitative estimate of drug-likeness (QED) is 0.563. The summed E-state index contributed by atoms with van der Waals surface area (Å²) in [6.45, 7) is 1.87. The molecule has 0 atom stereocenters. The van der Waals surface area contributed by atoms with E-state index in [1.807, 2.05) is 25.1 Å². The molecule has 0 heterocycles. The van der Waals surface area contributed by atoms with Crippen LogP contribution in [0.4, 0.5) is 0 Å². The topological polar surface area (TPSA) is 40.0 Å². The van der Waals surface area contributed by atoms with Gasteiger partial charge in [0, 0.05) is 5.56 Å². The molecule has 4 nitrogen and oxygen atoms in total. The molecule has 1 aromatic rings. The fraction of sp³-hybridized carbons (Fsp3) is 0.364. The van der Waals surface area contributed by atoms with Crippen LogP contribution in [0.15, 0.2) is 23.4 Å². The van der Waals surface area contributed by atoms with Crippen LogP contribution >= 0.6 is 0 Å². The number of hydrogen-bond acceptors (Lipinski definition) is 4. The Kier molecular flexibility index (Phi) is 3.97. The van der Waals surface area contributed by atoms with Crippen LogP contribution < -0.4 is 9.47 Å². The molecule has 0 aliphatic heterocycles. The van der Waals surface area contributed by atoms with Crippen LogP contribution in [0.3, 0.4) is 0 Å². The molecule has 0 aliphatic rings. The highest BCUT2D eigenvalue weighted by Gasteiger charge is 2.06. The molecule has 0 saturated carbocycles. The number of oxime groups is 1. The van der Waals surface area contributed by atoms with E-state index in [1.165, 1.54) is 7.11 Å². The number of benzene rings is 1. The summed E-state index contributed by atoms with van der Waals surface area (Å²) in [5, 5.41) is 3.85. The molecule has 1 rings (SSSR count). The average molecular weight is 209 g/mol. The summed E-state index contributed by atoms with van der Waals surface area (Å²) in [6.07, 6.45) is 0. The van der Waals surface area contributed by atoms with Gasteiger partial charge in [0.25, 0.3) is 0 Å². The van der Waals surface area contributed by atoms with E-state index >= 15 is 0 Å². The Balaban J connectivity index is 3.08. The van der Waals surface area contributed by atoms with E-state index < -0.39 is 0 Å². The van der Waals surface area contributed by atoms with Gasteiger partial charge in [-0.25, -0.2) is 0 Å². The molecule has 4 heteroatoms. The largest absolute Gasteiger partial charge is 0.493 e. The van der Waals surface area contributed by atoms with Crippen LogP contribution in [0, 0.1) is 0 Å². The summed E-state index contributed by atoms with van der Waals surface area (Å²) in [6, 6.07) is 5.60. The normalized spacial score (nSPS) is 11.1. The Morgan fingerprint density at radius 2 is 1.73 bits per heavy atom. The first-order chi connectivity index (χ1) is 7.22. The van der Waals surface area contributed by atoms with Crippen molar-refractivity contribution in [2.24, 2.45) is 5.16 Å². The smallest absolute Gasteiger partial charge is 0.161 e. The van der Waals surface area contributed by atoms with Crippen LogP contribution in [-0.2, 0) is 4.84 Å². The predicted molar refractivity (Wildman–Crippen MR) is 58.8 cm³/mol. The monoisotopic (exact) mass is 209 g/mol. The van der Waals surface area contributed by atoms with Crippen molar-refractivity contribution >= 4 is 5.71 Å². The first-order valence-electron chi connectivity index (χ1n) is 4.53. The summed E-state index contributed by atoms with van der Waals surface area (Å²) in [7, 11) is 4.72. The number of nitrogens with zero attached hydrogens (tertiary/aromatic N) is 1. The van der Waals surface area contributed by atoms with E-state index in [0.717, 1.165) is 11.3 Å². The van der Waals surface area contributed by atoms with Crippen LogP contribution in [0.2, 0.25) is 0 Å². The molecular formula is C11H15NO3. The zero-order valence-corrected chi connectivity index (χ0v) is 9.40. The van der Waals surface area contributed by atoms with Crippen molar-refractivity contribution in [3.8, 4) is 11.5 Å². The van der Waals surface area contributed by atoms with E-state index in [2.05, 4.69) is 5.16 Å². The number of hydrogen-bond donors (Lipinski definition) is 0. The second-order valence-electron chi connectivity index (χ2n) is 2.93. The highest BCUT2D eigenvalue weighted by atomic mass is 16.6. The molecule has 0 aliphatic carbocycles. The van der Waals surface area contributed by atoms with Crippen molar-refractivity contribution in [3.05, 3.63) is 23.8 Å². The molecule has 0 spiro atoms. The Morgan fingerprint density at radius 3 is 2.27 bits per heavy atom. The maximum Gasteiger partial charge on any atom is 0.161 e. The second-order valence-corrected chi connectivity index (χ2v) is 2.93.